The van der Waals surface area contributed by atoms with E-state index in [9.17, 15) is 14.9 Å². The number of anilines is 2. The fraction of sp³-hybridized carbons (Fsp3) is 0.273. The van der Waals surface area contributed by atoms with Crippen molar-refractivity contribution < 1.29 is 23.9 Å². The van der Waals surface area contributed by atoms with Gasteiger partial charge in [-0.2, -0.15) is 0 Å². The summed E-state index contributed by atoms with van der Waals surface area (Å²) in [7, 11) is 2.99. The summed E-state index contributed by atoms with van der Waals surface area (Å²) >= 11 is 6.28. The Morgan fingerprint density at radius 2 is 2.06 bits per heavy atom. The number of ether oxygens (including phenoxy) is 3. The molecule has 0 unspecified atom stereocenters. The fourth-order valence-electron chi connectivity index (χ4n) is 3.79. The number of aromatic nitrogens is 2. The van der Waals surface area contributed by atoms with Crippen LogP contribution in [0.3, 0.4) is 0 Å². The molecule has 1 aliphatic heterocycles. The number of H-pyrrole nitrogens is 1. The molecule has 3 N–H and O–H groups in total. The van der Waals surface area contributed by atoms with E-state index in [1.807, 2.05) is 0 Å². The third-order valence-electron chi connectivity index (χ3n) is 5.26. The van der Waals surface area contributed by atoms with Gasteiger partial charge in [0.1, 0.15) is 12.8 Å². The lowest BCUT2D eigenvalue weighted by atomic mass is 10.0. The molecule has 12 heteroatoms. The van der Waals surface area contributed by atoms with Gasteiger partial charge >= 0.3 is 5.82 Å². The number of aromatic amines is 1. The smallest absolute Gasteiger partial charge is 0.406 e. The molecule has 11 nitrogen and oxygen atoms in total. The zero-order valence-corrected chi connectivity index (χ0v) is 19.2. The van der Waals surface area contributed by atoms with E-state index in [2.05, 4.69) is 20.6 Å². The molecule has 2 aromatic heterocycles. The van der Waals surface area contributed by atoms with Crippen molar-refractivity contribution in [3.05, 3.63) is 56.9 Å². The second-order valence-corrected chi connectivity index (χ2v) is 7.70. The number of benzene rings is 1. The molecule has 0 aliphatic carbocycles. The van der Waals surface area contributed by atoms with E-state index >= 15 is 0 Å². The minimum absolute atomic E-state index is 0.0373. The number of rotatable bonds is 9. The molecule has 0 atom stereocenters. The Bertz CT molecular complexity index is 1240. The molecular formula is C22H22ClN5O6. The Labute approximate surface area is 199 Å². The van der Waals surface area contributed by atoms with E-state index in [-0.39, 0.29) is 24.9 Å². The van der Waals surface area contributed by atoms with Crippen molar-refractivity contribution in [3.63, 3.8) is 0 Å². The summed E-state index contributed by atoms with van der Waals surface area (Å²) in [4.78, 5) is 31.0. The van der Waals surface area contributed by atoms with Crippen LogP contribution in [0.5, 0.6) is 11.5 Å². The number of hydrogen-bond donors (Lipinski definition) is 3. The van der Waals surface area contributed by atoms with Crippen LogP contribution in [-0.4, -0.2) is 54.8 Å². The number of para-hydroxylation sites is 1. The van der Waals surface area contributed by atoms with Crippen LogP contribution >= 0.6 is 11.6 Å². The Balaban J connectivity index is 1.92. The minimum atomic E-state index is -0.617. The molecule has 0 spiro atoms. The molecule has 34 heavy (non-hydrogen) atoms. The summed E-state index contributed by atoms with van der Waals surface area (Å²) in [5.74, 6) is -0.377. The van der Waals surface area contributed by atoms with E-state index < -0.39 is 10.7 Å². The highest BCUT2D eigenvalue weighted by Gasteiger charge is 2.31. The van der Waals surface area contributed by atoms with Crippen molar-refractivity contribution in [1.29, 1.82) is 0 Å². The van der Waals surface area contributed by atoms with Crippen molar-refractivity contribution in [1.82, 2.24) is 15.3 Å². The Morgan fingerprint density at radius 3 is 2.79 bits per heavy atom. The van der Waals surface area contributed by atoms with Gasteiger partial charge in [-0.25, -0.2) is 0 Å². The number of fused-ring (bicyclic) bond motifs is 1. The molecule has 3 heterocycles. The lowest BCUT2D eigenvalue weighted by Crippen LogP contribution is -2.31. The van der Waals surface area contributed by atoms with E-state index in [0.717, 1.165) is 0 Å². The van der Waals surface area contributed by atoms with Gasteiger partial charge in [0.25, 0.3) is 5.91 Å². The highest BCUT2D eigenvalue weighted by molar-refractivity contribution is 6.32. The Morgan fingerprint density at radius 1 is 1.24 bits per heavy atom. The average molecular weight is 488 g/mol. The van der Waals surface area contributed by atoms with Gasteiger partial charge < -0.3 is 39.9 Å². The van der Waals surface area contributed by atoms with Gasteiger partial charge in [0.05, 0.1) is 46.9 Å². The zero-order valence-electron chi connectivity index (χ0n) is 18.4. The first kappa shape index (κ1) is 23.3. The predicted octanol–water partition coefficient (Wildman–Crippen LogP) is 3.70. The monoisotopic (exact) mass is 487 g/mol. The van der Waals surface area contributed by atoms with Gasteiger partial charge in [0.2, 0.25) is 5.75 Å². The standard InChI is InChI=1S/C22H22ClN5O6/c1-32-10-11-34-19-12(6-8-24-21(19)28(30)31)17-18(16-14(26-17)7-9-25-22(16)29)27-15-5-3-4-13(23)20(15)33-2/h3-6,8,26-27H,7,9-11H2,1-2H3,(H,25,29). The number of nitro groups is 1. The predicted molar refractivity (Wildman–Crippen MR) is 125 cm³/mol. The van der Waals surface area contributed by atoms with Crippen molar-refractivity contribution in [2.75, 3.05) is 39.3 Å². The number of carbonyl (C=O) groups is 1. The maximum atomic E-state index is 12.8. The molecule has 0 bridgehead atoms. The topological polar surface area (TPSA) is 141 Å². The van der Waals surface area contributed by atoms with Crippen LogP contribution in [0.1, 0.15) is 16.1 Å². The average Bonchev–Trinajstić information content (AvgIpc) is 3.18. The Kier molecular flexibility index (Phi) is 6.85. The number of amides is 1. The number of hydrogen-bond acceptors (Lipinski definition) is 8. The van der Waals surface area contributed by atoms with E-state index in [1.165, 1.54) is 20.4 Å². The van der Waals surface area contributed by atoms with Crippen molar-refractivity contribution >= 4 is 34.7 Å². The summed E-state index contributed by atoms with van der Waals surface area (Å²) in [6.07, 6.45) is 1.87. The maximum absolute atomic E-state index is 12.8. The molecule has 1 amide bonds. The molecule has 178 valence electrons. The van der Waals surface area contributed by atoms with Crippen molar-refractivity contribution in [2.24, 2.45) is 0 Å². The maximum Gasteiger partial charge on any atom is 0.406 e. The van der Waals surface area contributed by atoms with Crippen LogP contribution in [0.15, 0.2) is 30.5 Å². The van der Waals surface area contributed by atoms with Crippen LogP contribution in [0.2, 0.25) is 5.02 Å². The number of pyridine rings is 1. The molecule has 4 rings (SSSR count). The van der Waals surface area contributed by atoms with Gasteiger partial charge in [0, 0.05) is 25.8 Å². The molecule has 1 aromatic carbocycles. The van der Waals surface area contributed by atoms with Gasteiger partial charge in [-0.15, -0.1) is 0 Å². The SMILES string of the molecule is COCCOc1c(-c2[nH]c3c(c2Nc2cccc(Cl)c2OC)C(=O)NCC3)ccnc1[N+](=O)[O-]. The number of halogens is 1. The summed E-state index contributed by atoms with van der Waals surface area (Å²) < 4.78 is 16.2. The first-order valence-electron chi connectivity index (χ1n) is 10.3. The number of methoxy groups -OCH3 is 2. The molecular weight excluding hydrogens is 466 g/mol. The number of nitrogens with zero attached hydrogens (tertiary/aromatic N) is 2. The van der Waals surface area contributed by atoms with Gasteiger partial charge in [0.15, 0.2) is 5.75 Å². The number of nitrogens with one attached hydrogen (secondary N) is 3. The Hall–Kier alpha value is -3.83. The van der Waals surface area contributed by atoms with Crippen LogP contribution in [-0.2, 0) is 11.2 Å². The van der Waals surface area contributed by atoms with E-state index in [4.69, 9.17) is 25.8 Å². The molecule has 0 saturated heterocycles. The molecule has 0 radical (unpaired) electrons. The second-order valence-electron chi connectivity index (χ2n) is 7.29. The summed E-state index contributed by atoms with van der Waals surface area (Å²) in [6.45, 7) is 0.751. The third-order valence-corrected chi connectivity index (χ3v) is 5.56. The van der Waals surface area contributed by atoms with Gasteiger partial charge in [-0.1, -0.05) is 17.7 Å². The first-order valence-corrected chi connectivity index (χ1v) is 10.7. The normalized spacial score (nSPS) is 12.6. The second kappa shape index (κ2) is 9.98. The van der Waals surface area contributed by atoms with E-state index in [0.29, 0.717) is 57.6 Å². The largest absolute Gasteiger partial charge is 0.493 e. The van der Waals surface area contributed by atoms with Gasteiger partial charge in [-0.05, 0) is 28.1 Å². The lowest BCUT2D eigenvalue weighted by Gasteiger charge is -2.17. The van der Waals surface area contributed by atoms with Crippen molar-refractivity contribution in [3.8, 4) is 22.8 Å². The van der Waals surface area contributed by atoms with Crippen LogP contribution in [0.25, 0.3) is 11.3 Å². The lowest BCUT2D eigenvalue weighted by molar-refractivity contribution is -0.390. The number of carbonyl (C=O) groups excluding carboxylic acids is 1. The minimum Gasteiger partial charge on any atom is -0.493 e. The van der Waals surface area contributed by atoms with Crippen molar-refractivity contribution in [2.45, 2.75) is 6.42 Å². The fourth-order valence-corrected chi connectivity index (χ4v) is 4.04. The van der Waals surface area contributed by atoms with Crippen LogP contribution in [0.4, 0.5) is 17.2 Å². The zero-order chi connectivity index (χ0) is 24.2. The highest BCUT2D eigenvalue weighted by atomic mass is 35.5. The molecule has 1 aliphatic rings. The van der Waals surface area contributed by atoms with Gasteiger partial charge in [-0.3, -0.25) is 4.79 Å². The summed E-state index contributed by atoms with van der Waals surface area (Å²) in [5.41, 5.74) is 2.80. The van der Waals surface area contributed by atoms with E-state index in [1.54, 1.807) is 24.3 Å². The third kappa shape index (κ3) is 4.35. The molecule has 3 aromatic rings. The van der Waals surface area contributed by atoms with Crippen LogP contribution < -0.4 is 20.1 Å². The first-order chi connectivity index (χ1) is 16.5. The van der Waals surface area contributed by atoms with Crippen LogP contribution in [0, 0.1) is 10.1 Å². The quantitative estimate of drug-likeness (QED) is 0.236. The molecule has 0 fully saturated rings. The molecule has 0 saturated carbocycles. The summed E-state index contributed by atoms with van der Waals surface area (Å²) in [5, 5.41) is 18.1. The summed E-state index contributed by atoms with van der Waals surface area (Å²) in [6, 6.07) is 6.76. The highest BCUT2D eigenvalue weighted by Crippen LogP contribution is 2.44.